The number of hydrogen-bond donors (Lipinski definition) is 1. The molecule has 2 aromatic rings. The molecule has 1 atom stereocenters. The van der Waals surface area contributed by atoms with Crippen LogP contribution in [0.25, 0.3) is 0 Å². The molecule has 1 aliphatic rings. The number of rotatable bonds is 7. The van der Waals surface area contributed by atoms with Gasteiger partial charge in [-0.1, -0.05) is 6.92 Å². The Bertz CT molecular complexity index is 630. The molecule has 0 unspecified atom stereocenters. The number of hydrogen-bond acceptors (Lipinski definition) is 6. The Morgan fingerprint density at radius 2 is 2.17 bits per heavy atom. The number of nitrogens with zero attached hydrogens (tertiary/aromatic N) is 5. The third-order valence-electron chi connectivity index (χ3n) is 4.36. The number of aryl methyl sites for hydroxylation is 2. The van der Waals surface area contributed by atoms with E-state index in [1.54, 1.807) is 11.3 Å². The molecule has 3 heterocycles. The Hall–Kier alpha value is -1.47. The summed E-state index contributed by atoms with van der Waals surface area (Å²) in [7, 11) is 0. The van der Waals surface area contributed by atoms with Gasteiger partial charge in [-0.15, -0.1) is 11.3 Å². The summed E-state index contributed by atoms with van der Waals surface area (Å²) >= 11 is 1.79. The van der Waals surface area contributed by atoms with Crippen LogP contribution in [-0.4, -0.2) is 38.9 Å². The van der Waals surface area contributed by atoms with Gasteiger partial charge in [-0.2, -0.15) is 5.10 Å². The van der Waals surface area contributed by atoms with Gasteiger partial charge in [0.15, 0.2) is 11.0 Å². The van der Waals surface area contributed by atoms with Gasteiger partial charge in [-0.05, 0) is 20.3 Å². The van der Waals surface area contributed by atoms with E-state index in [0.29, 0.717) is 6.04 Å². The smallest absolute Gasteiger partial charge is 0.185 e. The minimum atomic E-state index is 0.466. The van der Waals surface area contributed by atoms with Crippen molar-refractivity contribution in [3.05, 3.63) is 22.7 Å². The molecule has 1 N–H and O–H groups in total. The Morgan fingerprint density at radius 1 is 1.35 bits per heavy atom. The van der Waals surface area contributed by atoms with Crippen LogP contribution in [0, 0.1) is 0 Å². The first-order valence-corrected chi connectivity index (χ1v) is 9.40. The molecular weight excluding hydrogens is 308 g/mol. The van der Waals surface area contributed by atoms with Gasteiger partial charge in [0.1, 0.15) is 5.82 Å². The Kier molecular flexibility index (Phi) is 5.27. The highest BCUT2D eigenvalue weighted by atomic mass is 32.1. The van der Waals surface area contributed by atoms with Gasteiger partial charge in [-0.25, -0.2) is 14.6 Å². The van der Waals surface area contributed by atoms with Gasteiger partial charge < -0.3 is 10.2 Å². The molecule has 0 aromatic carbocycles. The van der Waals surface area contributed by atoms with Crippen molar-refractivity contribution in [2.24, 2.45) is 0 Å². The van der Waals surface area contributed by atoms with E-state index in [1.807, 2.05) is 6.20 Å². The monoisotopic (exact) mass is 334 g/mol. The highest BCUT2D eigenvalue weighted by Crippen LogP contribution is 2.22. The number of anilines is 1. The minimum absolute atomic E-state index is 0.466. The van der Waals surface area contributed by atoms with Crippen LogP contribution in [-0.2, 0) is 25.9 Å². The molecule has 1 aliphatic heterocycles. The summed E-state index contributed by atoms with van der Waals surface area (Å²) in [5.74, 6) is 2.11. The fourth-order valence-corrected chi connectivity index (χ4v) is 3.93. The summed E-state index contributed by atoms with van der Waals surface area (Å²) in [5, 5.41) is 9.36. The quantitative estimate of drug-likeness (QED) is 0.841. The first-order chi connectivity index (χ1) is 11.2. The molecule has 0 amide bonds. The van der Waals surface area contributed by atoms with E-state index in [2.05, 4.69) is 50.7 Å². The molecule has 2 aromatic heterocycles. The van der Waals surface area contributed by atoms with Crippen LogP contribution in [0.5, 0.6) is 0 Å². The van der Waals surface area contributed by atoms with Crippen LogP contribution in [0.15, 0.2) is 6.20 Å². The molecule has 0 spiro atoms. The molecule has 0 fully saturated rings. The van der Waals surface area contributed by atoms with Crippen molar-refractivity contribution in [1.82, 2.24) is 25.1 Å². The van der Waals surface area contributed by atoms with Crippen molar-refractivity contribution in [2.75, 3.05) is 18.0 Å². The molecule has 0 bridgehead atoms. The third kappa shape index (κ3) is 3.72. The molecule has 126 valence electrons. The lowest BCUT2D eigenvalue weighted by Gasteiger charge is -2.23. The molecule has 3 rings (SSSR count). The maximum absolute atomic E-state index is 4.57. The van der Waals surface area contributed by atoms with Gasteiger partial charge >= 0.3 is 0 Å². The van der Waals surface area contributed by atoms with Crippen LogP contribution in [0.1, 0.15) is 43.7 Å². The van der Waals surface area contributed by atoms with Crippen LogP contribution in [0.3, 0.4) is 0 Å². The fourth-order valence-electron chi connectivity index (χ4n) is 2.94. The highest BCUT2D eigenvalue weighted by molar-refractivity contribution is 7.15. The van der Waals surface area contributed by atoms with Gasteiger partial charge in [0.2, 0.25) is 0 Å². The van der Waals surface area contributed by atoms with Crippen molar-refractivity contribution >= 4 is 16.5 Å². The fraction of sp³-hybridized carbons (Fsp3) is 0.688. The molecular formula is C16H26N6S. The third-order valence-corrected chi connectivity index (χ3v) is 5.42. The summed E-state index contributed by atoms with van der Waals surface area (Å²) in [6.45, 7) is 10.3. The zero-order chi connectivity index (χ0) is 16.2. The normalized spacial score (nSPS) is 17.3. The second-order valence-corrected chi connectivity index (χ2v) is 6.97. The van der Waals surface area contributed by atoms with Crippen molar-refractivity contribution in [3.63, 3.8) is 0 Å². The number of aromatic nitrogens is 4. The number of nitrogens with one attached hydrogen (secondary N) is 1. The van der Waals surface area contributed by atoms with Gasteiger partial charge in [0, 0.05) is 49.6 Å². The van der Waals surface area contributed by atoms with E-state index in [1.165, 1.54) is 4.88 Å². The first kappa shape index (κ1) is 16.4. The van der Waals surface area contributed by atoms with E-state index in [-0.39, 0.29) is 0 Å². The lowest BCUT2D eigenvalue weighted by atomic mass is 10.1. The van der Waals surface area contributed by atoms with Gasteiger partial charge in [-0.3, -0.25) is 0 Å². The molecule has 6 nitrogen and oxygen atoms in total. The predicted octanol–water partition coefficient (Wildman–Crippen LogP) is 2.25. The molecule has 0 radical (unpaired) electrons. The van der Waals surface area contributed by atoms with Crippen LogP contribution < -0.4 is 10.2 Å². The van der Waals surface area contributed by atoms with E-state index in [9.17, 15) is 0 Å². The van der Waals surface area contributed by atoms with Crippen LogP contribution in [0.2, 0.25) is 0 Å². The summed E-state index contributed by atoms with van der Waals surface area (Å²) < 4.78 is 2.08. The lowest BCUT2D eigenvalue weighted by Crippen LogP contribution is -2.37. The van der Waals surface area contributed by atoms with Gasteiger partial charge in [0.05, 0.1) is 6.54 Å². The van der Waals surface area contributed by atoms with Crippen molar-refractivity contribution in [1.29, 1.82) is 0 Å². The Labute approximate surface area is 141 Å². The standard InChI is InChI=1S/C16H26N6S/c1-4-14-19-15-8-7-12(11-22(15)20-14)17-9-13-10-18-16(23-13)21(5-2)6-3/h10,12,17H,4-9,11H2,1-3H3/t12-/m1/s1. The maximum atomic E-state index is 4.57. The molecule has 23 heavy (non-hydrogen) atoms. The number of thiazole rings is 1. The largest absolute Gasteiger partial charge is 0.349 e. The van der Waals surface area contributed by atoms with Crippen LogP contribution in [0.4, 0.5) is 5.13 Å². The average molecular weight is 334 g/mol. The molecule has 0 saturated heterocycles. The Balaban J connectivity index is 1.55. The topological polar surface area (TPSA) is 58.9 Å². The maximum Gasteiger partial charge on any atom is 0.185 e. The molecule has 0 aliphatic carbocycles. The summed E-state index contributed by atoms with van der Waals surface area (Å²) in [4.78, 5) is 12.7. The molecule has 0 saturated carbocycles. The van der Waals surface area contributed by atoms with Gasteiger partial charge in [0.25, 0.3) is 0 Å². The van der Waals surface area contributed by atoms with E-state index in [4.69, 9.17) is 0 Å². The predicted molar refractivity (Wildman–Crippen MR) is 94.0 cm³/mol. The summed E-state index contributed by atoms with van der Waals surface area (Å²) in [5.41, 5.74) is 0. The lowest BCUT2D eigenvalue weighted by molar-refractivity contribution is 0.358. The van der Waals surface area contributed by atoms with Crippen LogP contribution >= 0.6 is 11.3 Å². The van der Waals surface area contributed by atoms with E-state index >= 15 is 0 Å². The second-order valence-electron chi connectivity index (χ2n) is 5.88. The first-order valence-electron chi connectivity index (χ1n) is 8.59. The zero-order valence-electron chi connectivity index (χ0n) is 14.2. The van der Waals surface area contributed by atoms with Crippen molar-refractivity contribution < 1.29 is 0 Å². The summed E-state index contributed by atoms with van der Waals surface area (Å²) in [6, 6.07) is 0.466. The average Bonchev–Trinajstić information content (AvgIpc) is 3.20. The second kappa shape index (κ2) is 7.40. The minimum Gasteiger partial charge on any atom is -0.349 e. The SMILES string of the molecule is CCc1nc2n(n1)C[C@H](NCc1cnc(N(CC)CC)s1)CC2. The number of fused-ring (bicyclic) bond motifs is 1. The Morgan fingerprint density at radius 3 is 2.91 bits per heavy atom. The highest BCUT2D eigenvalue weighted by Gasteiger charge is 2.21. The van der Waals surface area contributed by atoms with E-state index < -0.39 is 0 Å². The zero-order valence-corrected chi connectivity index (χ0v) is 15.1. The summed E-state index contributed by atoms with van der Waals surface area (Å²) in [6.07, 6.45) is 5.05. The van der Waals surface area contributed by atoms with Crippen molar-refractivity contribution in [2.45, 2.75) is 59.2 Å². The van der Waals surface area contributed by atoms with Crippen molar-refractivity contribution in [3.8, 4) is 0 Å². The van der Waals surface area contributed by atoms with E-state index in [0.717, 1.165) is 62.2 Å². The molecule has 7 heteroatoms.